The van der Waals surface area contributed by atoms with Crippen LogP contribution in [-0.2, 0) is 0 Å². The molecule has 3 heteroatoms. The van der Waals surface area contributed by atoms with E-state index in [1.165, 1.54) is 12.0 Å². The molecular formula is C15H22BrNO. The molecule has 1 aliphatic rings. The molecule has 1 aromatic rings. The SMILES string of the molecule is C[C@@H](c1ccc(Br)cc1)N1CCC[C@](C)(CO)C1. The van der Waals surface area contributed by atoms with E-state index in [-0.39, 0.29) is 12.0 Å². The Hall–Kier alpha value is -0.380. The first kappa shape index (κ1) is 14.0. The lowest BCUT2D eigenvalue weighted by Gasteiger charge is -2.42. The molecule has 0 spiro atoms. The minimum Gasteiger partial charge on any atom is -0.396 e. The van der Waals surface area contributed by atoms with Crippen molar-refractivity contribution in [2.24, 2.45) is 5.41 Å². The molecule has 1 aromatic carbocycles. The Kier molecular flexibility index (Phi) is 4.46. The Morgan fingerprint density at radius 1 is 1.39 bits per heavy atom. The first-order chi connectivity index (χ1) is 8.54. The van der Waals surface area contributed by atoms with E-state index in [0.29, 0.717) is 6.04 Å². The average molecular weight is 312 g/mol. The van der Waals surface area contributed by atoms with Crippen LogP contribution < -0.4 is 0 Å². The topological polar surface area (TPSA) is 23.5 Å². The van der Waals surface area contributed by atoms with Crippen LogP contribution >= 0.6 is 15.9 Å². The predicted molar refractivity (Wildman–Crippen MR) is 78.6 cm³/mol. The molecule has 0 bridgehead atoms. The van der Waals surface area contributed by atoms with Gasteiger partial charge in [0.2, 0.25) is 0 Å². The highest BCUT2D eigenvalue weighted by atomic mass is 79.9. The van der Waals surface area contributed by atoms with Gasteiger partial charge in [-0.15, -0.1) is 0 Å². The summed E-state index contributed by atoms with van der Waals surface area (Å²) < 4.78 is 1.12. The van der Waals surface area contributed by atoms with Crippen molar-refractivity contribution in [3.05, 3.63) is 34.3 Å². The van der Waals surface area contributed by atoms with Crippen molar-refractivity contribution in [1.82, 2.24) is 4.90 Å². The highest BCUT2D eigenvalue weighted by Crippen LogP contribution is 2.33. The smallest absolute Gasteiger partial charge is 0.0497 e. The molecule has 0 radical (unpaired) electrons. The van der Waals surface area contributed by atoms with Gasteiger partial charge in [0.15, 0.2) is 0 Å². The van der Waals surface area contributed by atoms with Crippen LogP contribution in [0.1, 0.15) is 38.3 Å². The number of benzene rings is 1. The van der Waals surface area contributed by atoms with Gasteiger partial charge >= 0.3 is 0 Å². The van der Waals surface area contributed by atoms with Crippen LogP contribution in [0, 0.1) is 5.41 Å². The van der Waals surface area contributed by atoms with Crippen molar-refractivity contribution in [1.29, 1.82) is 0 Å². The molecule has 1 fully saturated rings. The highest BCUT2D eigenvalue weighted by molar-refractivity contribution is 9.10. The Balaban J connectivity index is 2.09. The number of aliphatic hydroxyl groups excluding tert-OH is 1. The van der Waals surface area contributed by atoms with Crippen LogP contribution in [0.2, 0.25) is 0 Å². The van der Waals surface area contributed by atoms with E-state index in [1.54, 1.807) is 0 Å². The summed E-state index contributed by atoms with van der Waals surface area (Å²) in [6.45, 7) is 6.85. The first-order valence-corrected chi connectivity index (χ1v) is 7.44. The summed E-state index contributed by atoms with van der Waals surface area (Å²) in [6.07, 6.45) is 2.31. The van der Waals surface area contributed by atoms with Crippen LogP contribution in [0.4, 0.5) is 0 Å². The van der Waals surface area contributed by atoms with Crippen molar-refractivity contribution in [2.45, 2.75) is 32.7 Å². The second-order valence-electron chi connectivity index (χ2n) is 5.77. The van der Waals surface area contributed by atoms with Crippen molar-refractivity contribution in [2.75, 3.05) is 19.7 Å². The van der Waals surface area contributed by atoms with E-state index in [0.717, 1.165) is 24.0 Å². The van der Waals surface area contributed by atoms with Gasteiger partial charge in [-0.2, -0.15) is 0 Å². The van der Waals surface area contributed by atoms with Gasteiger partial charge < -0.3 is 5.11 Å². The van der Waals surface area contributed by atoms with Gasteiger partial charge in [-0.05, 0) is 44.0 Å². The summed E-state index contributed by atoms with van der Waals surface area (Å²) in [5, 5.41) is 9.52. The van der Waals surface area contributed by atoms with Gasteiger partial charge in [-0.25, -0.2) is 0 Å². The maximum atomic E-state index is 9.52. The summed E-state index contributed by atoms with van der Waals surface area (Å²) in [5.74, 6) is 0. The van der Waals surface area contributed by atoms with E-state index < -0.39 is 0 Å². The number of piperidine rings is 1. The highest BCUT2D eigenvalue weighted by Gasteiger charge is 2.32. The van der Waals surface area contributed by atoms with Crippen LogP contribution in [0.15, 0.2) is 28.7 Å². The Bertz CT molecular complexity index is 392. The molecule has 1 N–H and O–H groups in total. The normalized spacial score (nSPS) is 27.1. The number of rotatable bonds is 3. The molecule has 1 saturated heterocycles. The molecule has 18 heavy (non-hydrogen) atoms. The molecule has 0 unspecified atom stereocenters. The maximum absolute atomic E-state index is 9.52. The van der Waals surface area contributed by atoms with Crippen LogP contribution in [0.25, 0.3) is 0 Å². The van der Waals surface area contributed by atoms with Gasteiger partial charge in [0, 0.05) is 29.1 Å². The summed E-state index contributed by atoms with van der Waals surface area (Å²) in [6, 6.07) is 8.98. The molecule has 0 aliphatic carbocycles. The summed E-state index contributed by atoms with van der Waals surface area (Å²) in [7, 11) is 0. The Morgan fingerprint density at radius 2 is 2.06 bits per heavy atom. The molecule has 0 aromatic heterocycles. The van der Waals surface area contributed by atoms with Gasteiger partial charge in [0.1, 0.15) is 0 Å². The standard InChI is InChI=1S/C15H22BrNO/c1-12(13-4-6-14(16)7-5-13)17-9-3-8-15(2,10-17)11-18/h4-7,12,18H,3,8-11H2,1-2H3/t12-,15-/m0/s1. The number of hydrogen-bond acceptors (Lipinski definition) is 2. The molecule has 1 heterocycles. The summed E-state index contributed by atoms with van der Waals surface area (Å²) in [4.78, 5) is 2.49. The van der Waals surface area contributed by atoms with E-state index in [9.17, 15) is 5.11 Å². The largest absolute Gasteiger partial charge is 0.396 e. The first-order valence-electron chi connectivity index (χ1n) is 6.64. The van der Waals surface area contributed by atoms with Crippen molar-refractivity contribution < 1.29 is 5.11 Å². The van der Waals surface area contributed by atoms with Crippen LogP contribution in [0.3, 0.4) is 0 Å². The second-order valence-corrected chi connectivity index (χ2v) is 6.69. The average Bonchev–Trinajstić information content (AvgIpc) is 2.39. The number of nitrogens with zero attached hydrogens (tertiary/aromatic N) is 1. The lowest BCUT2D eigenvalue weighted by Crippen LogP contribution is -2.44. The number of likely N-dealkylation sites (tertiary alicyclic amines) is 1. The quantitative estimate of drug-likeness (QED) is 0.922. The third kappa shape index (κ3) is 3.14. The fourth-order valence-corrected chi connectivity index (χ4v) is 3.03. The summed E-state index contributed by atoms with van der Waals surface area (Å²) in [5.41, 5.74) is 1.42. The van der Waals surface area contributed by atoms with Crippen molar-refractivity contribution in [3.63, 3.8) is 0 Å². The monoisotopic (exact) mass is 311 g/mol. The van der Waals surface area contributed by atoms with Gasteiger partial charge in [-0.1, -0.05) is 35.0 Å². The zero-order valence-electron chi connectivity index (χ0n) is 11.2. The van der Waals surface area contributed by atoms with E-state index in [2.05, 4.69) is 58.9 Å². The molecule has 0 amide bonds. The van der Waals surface area contributed by atoms with E-state index in [1.807, 2.05) is 0 Å². The van der Waals surface area contributed by atoms with Gasteiger partial charge in [0.25, 0.3) is 0 Å². The molecule has 1 aliphatic heterocycles. The third-order valence-electron chi connectivity index (χ3n) is 4.09. The van der Waals surface area contributed by atoms with Gasteiger partial charge in [0.05, 0.1) is 0 Å². The van der Waals surface area contributed by atoms with Gasteiger partial charge in [-0.3, -0.25) is 4.90 Å². The lowest BCUT2D eigenvalue weighted by atomic mass is 9.82. The van der Waals surface area contributed by atoms with Crippen molar-refractivity contribution >= 4 is 15.9 Å². The fourth-order valence-electron chi connectivity index (χ4n) is 2.77. The maximum Gasteiger partial charge on any atom is 0.0497 e. The predicted octanol–water partition coefficient (Wildman–Crippen LogP) is 3.60. The zero-order chi connectivity index (χ0) is 13.2. The molecule has 2 nitrogen and oxygen atoms in total. The molecular weight excluding hydrogens is 290 g/mol. The number of halogens is 1. The molecule has 2 atom stereocenters. The number of hydrogen-bond donors (Lipinski definition) is 1. The summed E-state index contributed by atoms with van der Waals surface area (Å²) >= 11 is 3.47. The minimum atomic E-state index is 0.0713. The fraction of sp³-hybridized carbons (Fsp3) is 0.600. The van der Waals surface area contributed by atoms with Crippen molar-refractivity contribution in [3.8, 4) is 0 Å². The zero-order valence-corrected chi connectivity index (χ0v) is 12.8. The molecule has 100 valence electrons. The van der Waals surface area contributed by atoms with E-state index in [4.69, 9.17) is 0 Å². The van der Waals surface area contributed by atoms with E-state index >= 15 is 0 Å². The molecule has 2 rings (SSSR count). The lowest BCUT2D eigenvalue weighted by molar-refractivity contribution is 0.0281. The number of aliphatic hydroxyl groups is 1. The van der Waals surface area contributed by atoms with Crippen LogP contribution in [0.5, 0.6) is 0 Å². The van der Waals surface area contributed by atoms with Crippen LogP contribution in [-0.4, -0.2) is 29.7 Å². The third-order valence-corrected chi connectivity index (χ3v) is 4.62. The molecule has 0 saturated carbocycles. The Labute approximate surface area is 118 Å². The minimum absolute atomic E-state index is 0.0713. The second kappa shape index (κ2) is 5.72. The Morgan fingerprint density at radius 3 is 2.67 bits per heavy atom.